The minimum Gasteiger partial charge on any atom is -0.508 e. The normalized spacial score (nSPS) is 19.7. The standard InChI is InChI=1S/C25H25N5O3/c1-14(2)17-12-18(15(3)11-20(17)31)30-19(16-9-7-6-8-10-16)13-29-21-22(26-24(29)30)27(4)25(33)28(5)23(21)32/h6-14,21H,1-5H3/p+1. The number of urea groups is 1. The van der Waals surface area contributed by atoms with Crippen molar-refractivity contribution in [2.75, 3.05) is 19.0 Å². The molecule has 3 aliphatic rings. The largest absolute Gasteiger partial charge is 0.508 e. The number of hydrogen-bond donors (Lipinski definition) is 1. The summed E-state index contributed by atoms with van der Waals surface area (Å²) in [5.41, 5.74) is 4.40. The molecule has 0 aliphatic carbocycles. The molecule has 2 aromatic carbocycles. The highest BCUT2D eigenvalue weighted by atomic mass is 16.3. The first-order chi connectivity index (χ1) is 15.7. The number of anilines is 1. The number of fused-ring (bicyclic) bond motifs is 3. The molecule has 1 unspecified atom stereocenters. The monoisotopic (exact) mass is 444 g/mol. The Morgan fingerprint density at radius 2 is 1.73 bits per heavy atom. The lowest BCUT2D eigenvalue weighted by atomic mass is 9.98. The number of imide groups is 1. The summed E-state index contributed by atoms with van der Waals surface area (Å²) in [6.07, 6.45) is 1.92. The second-order valence-corrected chi connectivity index (χ2v) is 8.89. The van der Waals surface area contributed by atoms with Crippen LogP contribution in [0.15, 0.2) is 48.7 Å². The van der Waals surface area contributed by atoms with Gasteiger partial charge in [-0.3, -0.25) is 9.69 Å². The van der Waals surface area contributed by atoms with E-state index in [-0.39, 0.29) is 17.6 Å². The van der Waals surface area contributed by atoms with Crippen molar-refractivity contribution >= 4 is 35.1 Å². The number of phenols is 1. The predicted molar refractivity (Wildman–Crippen MR) is 128 cm³/mol. The molecule has 1 fully saturated rings. The number of benzene rings is 2. The SMILES string of the molecule is Cc1cc(O)c(C(C)C)cc1N1C(c2ccccc2)=CN2C1=[N+]=C1C2C(=O)N(C)C(=O)N1C. The molecule has 33 heavy (non-hydrogen) atoms. The molecule has 8 heteroatoms. The molecule has 168 valence electrons. The van der Waals surface area contributed by atoms with E-state index in [0.29, 0.717) is 11.8 Å². The number of aryl methyl sites for hydroxylation is 1. The second-order valence-electron chi connectivity index (χ2n) is 8.89. The summed E-state index contributed by atoms with van der Waals surface area (Å²) in [5.74, 6) is 1.02. The minimum absolute atomic E-state index is 0.119. The summed E-state index contributed by atoms with van der Waals surface area (Å²) in [4.78, 5) is 32.0. The Labute approximate surface area is 192 Å². The maximum Gasteiger partial charge on any atom is 0.415 e. The zero-order valence-corrected chi connectivity index (χ0v) is 19.3. The zero-order chi connectivity index (χ0) is 23.6. The lowest BCUT2D eigenvalue weighted by molar-refractivity contribution is -0.130. The summed E-state index contributed by atoms with van der Waals surface area (Å²) in [6, 6.07) is 12.5. The highest BCUT2D eigenvalue weighted by Gasteiger charge is 2.58. The first-order valence-corrected chi connectivity index (χ1v) is 10.9. The Morgan fingerprint density at radius 1 is 1.03 bits per heavy atom. The number of hydrogen-bond acceptors (Lipinski definition) is 5. The molecule has 1 atom stereocenters. The van der Waals surface area contributed by atoms with Crippen LogP contribution in [0.3, 0.4) is 0 Å². The van der Waals surface area contributed by atoms with Gasteiger partial charge in [-0.15, -0.1) is 0 Å². The lowest BCUT2D eigenvalue weighted by Gasteiger charge is -2.30. The van der Waals surface area contributed by atoms with Crippen LogP contribution in [0.25, 0.3) is 5.70 Å². The van der Waals surface area contributed by atoms with Crippen molar-refractivity contribution in [2.24, 2.45) is 0 Å². The van der Waals surface area contributed by atoms with Gasteiger partial charge in [-0.1, -0.05) is 44.2 Å². The van der Waals surface area contributed by atoms with E-state index in [9.17, 15) is 14.7 Å². The van der Waals surface area contributed by atoms with Crippen LogP contribution >= 0.6 is 0 Å². The van der Waals surface area contributed by atoms with Gasteiger partial charge in [0.2, 0.25) is 6.04 Å². The van der Waals surface area contributed by atoms with Gasteiger partial charge in [-0.2, -0.15) is 0 Å². The van der Waals surface area contributed by atoms with E-state index < -0.39 is 12.1 Å². The summed E-state index contributed by atoms with van der Waals surface area (Å²) < 4.78 is 4.79. The van der Waals surface area contributed by atoms with Gasteiger partial charge in [0.15, 0.2) is 0 Å². The summed E-state index contributed by atoms with van der Waals surface area (Å²) >= 11 is 0. The molecule has 0 aromatic heterocycles. The van der Waals surface area contributed by atoms with E-state index in [2.05, 4.69) is 0 Å². The molecule has 0 radical (unpaired) electrons. The van der Waals surface area contributed by atoms with Crippen molar-refractivity contribution in [2.45, 2.75) is 32.7 Å². The molecule has 0 spiro atoms. The molecular formula is C25H26N5O3+. The first-order valence-electron chi connectivity index (χ1n) is 10.9. The summed E-state index contributed by atoms with van der Waals surface area (Å²) in [6.45, 7) is 6.00. The number of likely N-dealkylation sites (N-methyl/N-ethyl adjacent to an activating group) is 2. The Morgan fingerprint density at radius 3 is 2.39 bits per heavy atom. The van der Waals surface area contributed by atoms with Crippen molar-refractivity contribution in [1.82, 2.24) is 19.4 Å². The van der Waals surface area contributed by atoms with Crippen LogP contribution in [-0.2, 0) is 4.79 Å². The first kappa shape index (κ1) is 20.8. The molecular weight excluding hydrogens is 418 g/mol. The number of amides is 3. The maximum atomic E-state index is 13.1. The topological polar surface area (TPSA) is 81.4 Å². The van der Waals surface area contributed by atoms with Crippen LogP contribution in [0.5, 0.6) is 5.75 Å². The van der Waals surface area contributed by atoms with Crippen molar-refractivity contribution in [3.63, 3.8) is 0 Å². The molecule has 1 N–H and O–H groups in total. The Balaban J connectivity index is 1.74. The van der Waals surface area contributed by atoms with Crippen molar-refractivity contribution in [3.05, 3.63) is 65.4 Å². The fourth-order valence-electron chi connectivity index (χ4n) is 4.60. The Hall–Kier alpha value is -4.03. The molecule has 3 heterocycles. The van der Waals surface area contributed by atoms with Gasteiger partial charge in [0.25, 0.3) is 5.91 Å². The smallest absolute Gasteiger partial charge is 0.415 e. The van der Waals surface area contributed by atoms with E-state index in [1.165, 1.54) is 11.9 Å². The van der Waals surface area contributed by atoms with Crippen molar-refractivity contribution < 1.29 is 14.7 Å². The van der Waals surface area contributed by atoms with Crippen LogP contribution in [0, 0.1) is 6.92 Å². The molecule has 0 bridgehead atoms. The van der Waals surface area contributed by atoms with Gasteiger partial charge in [0.1, 0.15) is 11.4 Å². The third-order valence-corrected chi connectivity index (χ3v) is 6.43. The number of carbonyl (C=O) groups is 2. The number of nitrogens with zero attached hydrogens (tertiary/aromatic N) is 5. The van der Waals surface area contributed by atoms with Crippen LogP contribution in [-0.4, -0.2) is 63.7 Å². The number of carbonyl (C=O) groups excluding carboxylic acids is 2. The number of amidine groups is 1. The predicted octanol–water partition coefficient (Wildman–Crippen LogP) is 2.67. The summed E-state index contributed by atoms with van der Waals surface area (Å²) in [5, 5.41) is 10.5. The molecule has 8 nitrogen and oxygen atoms in total. The highest BCUT2D eigenvalue weighted by Crippen LogP contribution is 2.40. The van der Waals surface area contributed by atoms with Gasteiger partial charge < -0.3 is 5.11 Å². The number of rotatable bonds is 3. The van der Waals surface area contributed by atoms with E-state index in [1.54, 1.807) is 13.1 Å². The van der Waals surface area contributed by atoms with Gasteiger partial charge in [-0.25, -0.2) is 24.2 Å². The van der Waals surface area contributed by atoms with Gasteiger partial charge >= 0.3 is 17.8 Å². The van der Waals surface area contributed by atoms with Crippen LogP contribution in [0.4, 0.5) is 10.5 Å². The lowest BCUT2D eigenvalue weighted by Crippen LogP contribution is -2.62. The molecule has 3 aliphatic heterocycles. The third kappa shape index (κ3) is 2.95. The van der Waals surface area contributed by atoms with Crippen LogP contribution in [0.1, 0.15) is 36.5 Å². The van der Waals surface area contributed by atoms with Gasteiger partial charge in [-0.05, 0) is 36.1 Å². The highest BCUT2D eigenvalue weighted by molar-refractivity contribution is 6.27. The van der Waals surface area contributed by atoms with Gasteiger partial charge in [0, 0.05) is 12.6 Å². The minimum atomic E-state index is -0.710. The average Bonchev–Trinajstić information content (AvgIpc) is 3.33. The van der Waals surface area contributed by atoms with E-state index >= 15 is 0 Å². The molecule has 5 rings (SSSR count). The van der Waals surface area contributed by atoms with E-state index in [4.69, 9.17) is 4.67 Å². The quantitative estimate of drug-likeness (QED) is 0.737. The fraction of sp³-hybridized carbons (Fsp3) is 0.280. The Kier molecular flexibility index (Phi) is 4.58. The van der Waals surface area contributed by atoms with E-state index in [0.717, 1.165) is 33.0 Å². The molecule has 0 saturated carbocycles. The average molecular weight is 445 g/mol. The molecule has 2 aromatic rings. The number of guanidine groups is 1. The zero-order valence-electron chi connectivity index (χ0n) is 19.3. The molecule has 1 saturated heterocycles. The van der Waals surface area contributed by atoms with Gasteiger partial charge in [0.05, 0.1) is 18.9 Å². The van der Waals surface area contributed by atoms with Crippen LogP contribution < -0.4 is 9.57 Å². The van der Waals surface area contributed by atoms with E-state index in [1.807, 2.05) is 73.2 Å². The number of aromatic hydroxyl groups is 1. The van der Waals surface area contributed by atoms with Crippen molar-refractivity contribution in [1.29, 1.82) is 0 Å². The Bertz CT molecular complexity index is 1290. The second kappa shape index (κ2) is 7.25. The summed E-state index contributed by atoms with van der Waals surface area (Å²) in [7, 11) is 3.12. The molecule has 3 amide bonds. The third-order valence-electron chi connectivity index (χ3n) is 6.43. The van der Waals surface area contributed by atoms with Crippen LogP contribution in [0.2, 0.25) is 0 Å². The van der Waals surface area contributed by atoms with Crippen molar-refractivity contribution in [3.8, 4) is 5.75 Å². The maximum absolute atomic E-state index is 13.1. The fourth-order valence-corrected chi connectivity index (χ4v) is 4.60. The number of phenolic OH excluding ortho intramolecular Hbond substituents is 1.